The van der Waals surface area contributed by atoms with Gasteiger partial charge in [-0.25, -0.2) is 0 Å². The molecule has 0 bridgehead atoms. The molecule has 1 aromatic carbocycles. The van der Waals surface area contributed by atoms with Crippen molar-refractivity contribution in [1.29, 1.82) is 0 Å². The average molecular weight is 330 g/mol. The van der Waals surface area contributed by atoms with Crippen molar-refractivity contribution >= 4 is 23.4 Å². The fourth-order valence-corrected chi connectivity index (χ4v) is 3.71. The number of carbonyl (C=O) groups excluding carboxylic acids is 1. The summed E-state index contributed by atoms with van der Waals surface area (Å²) in [4.78, 5) is 14.5. The van der Waals surface area contributed by atoms with E-state index in [9.17, 15) is 4.79 Å². The summed E-state index contributed by atoms with van der Waals surface area (Å²) in [6.45, 7) is 7.94. The number of thioether (sulfide) groups is 1. The third-order valence-corrected chi connectivity index (χ3v) is 4.91. The zero-order valence-corrected chi connectivity index (χ0v) is 14.6. The molecule has 0 spiro atoms. The Kier molecular flexibility index (Phi) is 4.71. The lowest BCUT2D eigenvalue weighted by Crippen LogP contribution is -2.30. The van der Waals surface area contributed by atoms with Crippen molar-refractivity contribution < 1.29 is 4.79 Å². The molecular weight excluding hydrogens is 308 g/mol. The molecule has 3 rings (SSSR count). The number of para-hydroxylation sites is 1. The summed E-state index contributed by atoms with van der Waals surface area (Å²) in [5.74, 6) is 1.95. The minimum absolute atomic E-state index is 0.136. The molecule has 0 radical (unpaired) electrons. The van der Waals surface area contributed by atoms with Crippen LogP contribution in [-0.4, -0.2) is 33.0 Å². The standard InChI is InChI=1S/C17H22N4OS/c1-12(2)10-21-13(3)18-19-17(21)23-11-16(22)20-9-8-14-6-4-5-7-15(14)20/h4-7,12H,8-11H2,1-3H3. The second-order valence-corrected chi connectivity index (χ2v) is 7.19. The molecule has 0 fully saturated rings. The van der Waals surface area contributed by atoms with E-state index in [0.29, 0.717) is 11.7 Å². The van der Waals surface area contributed by atoms with Crippen LogP contribution >= 0.6 is 11.8 Å². The quantitative estimate of drug-likeness (QED) is 0.791. The molecule has 1 aromatic heterocycles. The molecule has 5 nitrogen and oxygen atoms in total. The first-order valence-electron chi connectivity index (χ1n) is 7.97. The van der Waals surface area contributed by atoms with Crippen molar-refractivity contribution in [3.63, 3.8) is 0 Å². The Morgan fingerprint density at radius 1 is 1.30 bits per heavy atom. The van der Waals surface area contributed by atoms with E-state index in [2.05, 4.69) is 34.7 Å². The Labute approximate surface area is 141 Å². The van der Waals surface area contributed by atoms with Gasteiger partial charge in [0.25, 0.3) is 0 Å². The molecule has 1 aliphatic rings. The van der Waals surface area contributed by atoms with Gasteiger partial charge in [-0.1, -0.05) is 43.8 Å². The first-order valence-corrected chi connectivity index (χ1v) is 8.95. The molecule has 0 unspecified atom stereocenters. The maximum absolute atomic E-state index is 12.6. The van der Waals surface area contributed by atoms with Crippen molar-refractivity contribution in [3.8, 4) is 0 Å². The van der Waals surface area contributed by atoms with Crippen molar-refractivity contribution in [2.75, 3.05) is 17.2 Å². The van der Waals surface area contributed by atoms with Crippen molar-refractivity contribution in [2.24, 2.45) is 5.92 Å². The van der Waals surface area contributed by atoms with Crippen molar-refractivity contribution in [2.45, 2.75) is 38.9 Å². The van der Waals surface area contributed by atoms with Crippen LogP contribution in [0.3, 0.4) is 0 Å². The third kappa shape index (κ3) is 3.42. The Bertz CT molecular complexity index is 710. The van der Waals surface area contributed by atoms with E-state index in [1.807, 2.05) is 30.0 Å². The fraction of sp³-hybridized carbons (Fsp3) is 0.471. The normalized spacial score (nSPS) is 13.7. The molecule has 0 atom stereocenters. The topological polar surface area (TPSA) is 51.0 Å². The van der Waals surface area contributed by atoms with Crippen LogP contribution in [0.2, 0.25) is 0 Å². The summed E-state index contributed by atoms with van der Waals surface area (Å²) in [6.07, 6.45) is 0.940. The lowest BCUT2D eigenvalue weighted by atomic mass is 10.2. The van der Waals surface area contributed by atoms with Gasteiger partial charge in [-0.2, -0.15) is 0 Å². The van der Waals surface area contributed by atoms with Crippen LogP contribution in [-0.2, 0) is 17.8 Å². The van der Waals surface area contributed by atoms with Crippen LogP contribution in [0.1, 0.15) is 25.2 Å². The molecule has 2 aromatic rings. The highest BCUT2D eigenvalue weighted by atomic mass is 32.2. The number of carbonyl (C=O) groups is 1. The highest BCUT2D eigenvalue weighted by Gasteiger charge is 2.24. The van der Waals surface area contributed by atoms with Gasteiger partial charge >= 0.3 is 0 Å². The molecule has 122 valence electrons. The number of aryl methyl sites for hydroxylation is 1. The van der Waals surface area contributed by atoms with Crippen LogP contribution in [0.5, 0.6) is 0 Å². The summed E-state index contributed by atoms with van der Waals surface area (Å²) in [6, 6.07) is 8.13. The van der Waals surface area contributed by atoms with E-state index in [4.69, 9.17) is 0 Å². The van der Waals surface area contributed by atoms with Gasteiger partial charge in [-0.15, -0.1) is 10.2 Å². The molecule has 0 aliphatic carbocycles. The molecule has 1 aliphatic heterocycles. The van der Waals surface area contributed by atoms with Gasteiger partial charge in [-0.05, 0) is 30.9 Å². The van der Waals surface area contributed by atoms with Crippen LogP contribution in [0, 0.1) is 12.8 Å². The van der Waals surface area contributed by atoms with Crippen LogP contribution in [0.25, 0.3) is 0 Å². The molecule has 2 heterocycles. The van der Waals surface area contributed by atoms with Gasteiger partial charge in [0.15, 0.2) is 5.16 Å². The highest BCUT2D eigenvalue weighted by Crippen LogP contribution is 2.28. The lowest BCUT2D eigenvalue weighted by Gasteiger charge is -2.17. The van der Waals surface area contributed by atoms with Gasteiger partial charge in [0, 0.05) is 18.8 Å². The lowest BCUT2D eigenvalue weighted by molar-refractivity contribution is -0.116. The molecule has 23 heavy (non-hydrogen) atoms. The van der Waals surface area contributed by atoms with E-state index in [1.165, 1.54) is 17.3 Å². The molecule has 0 saturated carbocycles. The number of amides is 1. The van der Waals surface area contributed by atoms with Gasteiger partial charge in [0.2, 0.25) is 5.91 Å². The molecule has 6 heteroatoms. The van der Waals surface area contributed by atoms with Crippen molar-refractivity contribution in [1.82, 2.24) is 14.8 Å². The van der Waals surface area contributed by atoms with E-state index in [-0.39, 0.29) is 5.91 Å². The highest BCUT2D eigenvalue weighted by molar-refractivity contribution is 7.99. The summed E-state index contributed by atoms with van der Waals surface area (Å²) in [5.41, 5.74) is 2.31. The van der Waals surface area contributed by atoms with E-state index in [1.54, 1.807) is 0 Å². The minimum atomic E-state index is 0.136. The summed E-state index contributed by atoms with van der Waals surface area (Å²) in [5, 5.41) is 9.20. The largest absolute Gasteiger partial charge is 0.311 e. The minimum Gasteiger partial charge on any atom is -0.311 e. The van der Waals surface area contributed by atoms with E-state index < -0.39 is 0 Å². The Morgan fingerprint density at radius 2 is 2.09 bits per heavy atom. The average Bonchev–Trinajstić information content (AvgIpc) is 3.10. The van der Waals surface area contributed by atoms with Crippen LogP contribution < -0.4 is 4.90 Å². The maximum atomic E-state index is 12.6. The number of fused-ring (bicyclic) bond motifs is 1. The molecule has 1 amide bonds. The predicted octanol–water partition coefficient (Wildman–Crippen LogP) is 2.92. The SMILES string of the molecule is Cc1nnc(SCC(=O)N2CCc3ccccc32)n1CC(C)C. The Morgan fingerprint density at radius 3 is 2.87 bits per heavy atom. The number of nitrogens with zero attached hydrogens (tertiary/aromatic N) is 4. The maximum Gasteiger partial charge on any atom is 0.237 e. The zero-order valence-electron chi connectivity index (χ0n) is 13.8. The van der Waals surface area contributed by atoms with Gasteiger partial charge in [0.05, 0.1) is 5.75 Å². The first-order chi connectivity index (χ1) is 11.1. The smallest absolute Gasteiger partial charge is 0.237 e. The number of rotatable bonds is 5. The number of aromatic nitrogens is 3. The van der Waals surface area contributed by atoms with Gasteiger partial charge < -0.3 is 9.47 Å². The Balaban J connectivity index is 1.67. The Hall–Kier alpha value is -1.82. The van der Waals surface area contributed by atoms with E-state index in [0.717, 1.165) is 36.2 Å². The number of anilines is 1. The van der Waals surface area contributed by atoms with Crippen molar-refractivity contribution in [3.05, 3.63) is 35.7 Å². The zero-order chi connectivity index (χ0) is 16.4. The summed E-state index contributed by atoms with van der Waals surface area (Å²) < 4.78 is 2.10. The van der Waals surface area contributed by atoms with E-state index >= 15 is 0 Å². The first kappa shape index (κ1) is 16.1. The number of hydrogen-bond donors (Lipinski definition) is 0. The molecule has 0 N–H and O–H groups in total. The van der Waals surface area contributed by atoms with Gasteiger partial charge in [-0.3, -0.25) is 4.79 Å². The molecular formula is C17H22N4OS. The van der Waals surface area contributed by atoms with Gasteiger partial charge in [0.1, 0.15) is 5.82 Å². The second-order valence-electron chi connectivity index (χ2n) is 6.25. The summed E-state index contributed by atoms with van der Waals surface area (Å²) >= 11 is 1.48. The second kappa shape index (κ2) is 6.74. The fourth-order valence-electron chi connectivity index (χ4n) is 2.85. The van der Waals surface area contributed by atoms with Crippen LogP contribution in [0.15, 0.2) is 29.4 Å². The monoisotopic (exact) mass is 330 g/mol. The predicted molar refractivity (Wildman–Crippen MR) is 92.8 cm³/mol. The molecule has 0 saturated heterocycles. The van der Waals surface area contributed by atoms with Crippen LogP contribution in [0.4, 0.5) is 5.69 Å². The number of hydrogen-bond acceptors (Lipinski definition) is 4. The number of benzene rings is 1. The summed E-state index contributed by atoms with van der Waals surface area (Å²) in [7, 11) is 0. The third-order valence-electron chi connectivity index (χ3n) is 3.96.